The van der Waals surface area contributed by atoms with Crippen molar-refractivity contribution in [2.45, 2.75) is 12.3 Å². The van der Waals surface area contributed by atoms with E-state index in [2.05, 4.69) is 0 Å². The van der Waals surface area contributed by atoms with Crippen LogP contribution in [0.4, 0.5) is 0 Å². The molecule has 0 radical (unpaired) electrons. The quantitative estimate of drug-likeness (QED) is 0.595. The van der Waals surface area contributed by atoms with Crippen LogP contribution in [0.1, 0.15) is 17.0 Å². The zero-order chi connectivity index (χ0) is 12.8. The van der Waals surface area contributed by atoms with Gasteiger partial charge in [-0.1, -0.05) is 60.7 Å². The molecule has 3 nitrogen and oxygen atoms in total. The van der Waals surface area contributed by atoms with Crippen LogP contribution in [0, 0.1) is 10.1 Å². The smallest absolute Gasteiger partial charge is 0.210 e. The van der Waals surface area contributed by atoms with Crippen molar-refractivity contribution in [3.05, 3.63) is 81.9 Å². The van der Waals surface area contributed by atoms with Crippen molar-refractivity contribution in [1.29, 1.82) is 0 Å². The minimum Gasteiger partial charge on any atom is -0.265 e. The molecule has 2 aromatic rings. The molecule has 0 fully saturated rings. The second-order valence-corrected chi connectivity index (χ2v) is 4.31. The standard InChI is InChI=1S/C15H15NO2/c17-16(18)12-15(14-9-5-2-6-10-14)11-13-7-3-1-4-8-13/h1-10,15H,11-12H2. The Kier molecular flexibility index (Phi) is 4.07. The van der Waals surface area contributed by atoms with Crippen LogP contribution in [0.2, 0.25) is 0 Å². The highest BCUT2D eigenvalue weighted by Crippen LogP contribution is 2.21. The summed E-state index contributed by atoms with van der Waals surface area (Å²) in [6.07, 6.45) is 0.700. The van der Waals surface area contributed by atoms with E-state index in [0.29, 0.717) is 6.42 Å². The van der Waals surface area contributed by atoms with Gasteiger partial charge in [-0.25, -0.2) is 0 Å². The first-order chi connectivity index (χ1) is 8.75. The molecule has 0 spiro atoms. The summed E-state index contributed by atoms with van der Waals surface area (Å²) in [5.74, 6) is -0.0661. The fourth-order valence-corrected chi connectivity index (χ4v) is 2.09. The Morgan fingerprint density at radius 3 is 2.06 bits per heavy atom. The molecule has 0 saturated heterocycles. The Bertz CT molecular complexity index is 496. The molecule has 92 valence electrons. The SMILES string of the molecule is O=[N+]([O-])CC(Cc1ccccc1)c1ccccc1. The molecular weight excluding hydrogens is 226 g/mol. The van der Waals surface area contributed by atoms with Crippen molar-refractivity contribution < 1.29 is 4.92 Å². The first-order valence-electron chi connectivity index (χ1n) is 5.96. The monoisotopic (exact) mass is 241 g/mol. The number of rotatable bonds is 5. The van der Waals surface area contributed by atoms with Crippen LogP contribution < -0.4 is 0 Å². The van der Waals surface area contributed by atoms with Gasteiger partial charge >= 0.3 is 0 Å². The van der Waals surface area contributed by atoms with Gasteiger partial charge in [0.1, 0.15) is 0 Å². The lowest BCUT2D eigenvalue weighted by atomic mass is 9.92. The van der Waals surface area contributed by atoms with E-state index >= 15 is 0 Å². The molecule has 1 unspecified atom stereocenters. The normalized spacial score (nSPS) is 12.0. The summed E-state index contributed by atoms with van der Waals surface area (Å²) in [4.78, 5) is 10.5. The number of nitro groups is 1. The number of hydrogen-bond donors (Lipinski definition) is 0. The largest absolute Gasteiger partial charge is 0.265 e. The first-order valence-corrected chi connectivity index (χ1v) is 5.96. The lowest BCUT2D eigenvalue weighted by molar-refractivity contribution is -0.483. The van der Waals surface area contributed by atoms with Gasteiger partial charge in [-0.05, 0) is 17.5 Å². The Morgan fingerprint density at radius 2 is 1.50 bits per heavy atom. The summed E-state index contributed by atoms with van der Waals surface area (Å²) in [5, 5.41) is 10.8. The Labute approximate surface area is 106 Å². The minimum atomic E-state index is -0.236. The van der Waals surface area contributed by atoms with Crippen LogP contribution in [-0.4, -0.2) is 11.5 Å². The van der Waals surface area contributed by atoms with Crippen LogP contribution in [0.3, 0.4) is 0 Å². The van der Waals surface area contributed by atoms with E-state index < -0.39 is 0 Å². The van der Waals surface area contributed by atoms with Crippen molar-refractivity contribution in [3.8, 4) is 0 Å². The third-order valence-electron chi connectivity index (χ3n) is 2.97. The zero-order valence-electron chi connectivity index (χ0n) is 10.0. The van der Waals surface area contributed by atoms with Crippen LogP contribution in [0.15, 0.2) is 60.7 Å². The van der Waals surface area contributed by atoms with Crippen LogP contribution >= 0.6 is 0 Å². The maximum absolute atomic E-state index is 10.8. The molecule has 0 aromatic heterocycles. The van der Waals surface area contributed by atoms with E-state index in [9.17, 15) is 10.1 Å². The van der Waals surface area contributed by atoms with Gasteiger partial charge in [-0.2, -0.15) is 0 Å². The molecule has 0 aliphatic rings. The Balaban J connectivity index is 2.18. The van der Waals surface area contributed by atoms with Gasteiger partial charge in [0.15, 0.2) is 0 Å². The maximum atomic E-state index is 10.8. The molecule has 18 heavy (non-hydrogen) atoms. The fraction of sp³-hybridized carbons (Fsp3) is 0.200. The summed E-state index contributed by atoms with van der Waals surface area (Å²) in [6, 6.07) is 19.6. The summed E-state index contributed by atoms with van der Waals surface area (Å²) in [5.41, 5.74) is 2.16. The highest BCUT2D eigenvalue weighted by molar-refractivity contribution is 5.24. The Morgan fingerprint density at radius 1 is 0.944 bits per heavy atom. The number of nitrogens with zero attached hydrogens (tertiary/aromatic N) is 1. The van der Waals surface area contributed by atoms with Crippen molar-refractivity contribution in [1.82, 2.24) is 0 Å². The van der Waals surface area contributed by atoms with Gasteiger partial charge in [0.25, 0.3) is 0 Å². The maximum Gasteiger partial charge on any atom is 0.210 e. The van der Waals surface area contributed by atoms with E-state index in [0.717, 1.165) is 11.1 Å². The van der Waals surface area contributed by atoms with Crippen LogP contribution in [0.5, 0.6) is 0 Å². The molecule has 2 rings (SSSR count). The molecule has 3 heteroatoms. The molecule has 0 heterocycles. The molecule has 1 atom stereocenters. The van der Waals surface area contributed by atoms with E-state index in [-0.39, 0.29) is 17.4 Å². The van der Waals surface area contributed by atoms with Gasteiger partial charge in [0.05, 0.1) is 5.92 Å². The van der Waals surface area contributed by atoms with Gasteiger partial charge in [0.2, 0.25) is 6.54 Å². The van der Waals surface area contributed by atoms with Crippen LogP contribution in [-0.2, 0) is 6.42 Å². The average molecular weight is 241 g/mol. The van der Waals surface area contributed by atoms with Gasteiger partial charge in [-0.15, -0.1) is 0 Å². The molecule has 2 aromatic carbocycles. The average Bonchev–Trinajstić information content (AvgIpc) is 2.40. The second kappa shape index (κ2) is 5.96. The molecule has 0 amide bonds. The van der Waals surface area contributed by atoms with E-state index in [1.54, 1.807) is 0 Å². The Hall–Kier alpha value is -2.16. The lowest BCUT2D eigenvalue weighted by Crippen LogP contribution is -2.15. The first kappa shape index (κ1) is 12.3. The number of hydrogen-bond acceptors (Lipinski definition) is 2. The summed E-state index contributed by atoms with van der Waals surface area (Å²) >= 11 is 0. The fourth-order valence-electron chi connectivity index (χ4n) is 2.09. The van der Waals surface area contributed by atoms with Crippen molar-refractivity contribution in [2.24, 2.45) is 0 Å². The van der Waals surface area contributed by atoms with E-state index in [1.165, 1.54) is 0 Å². The predicted octanol–water partition coefficient (Wildman–Crippen LogP) is 3.29. The third kappa shape index (κ3) is 3.42. The van der Waals surface area contributed by atoms with Gasteiger partial charge in [0, 0.05) is 4.92 Å². The molecule has 0 aliphatic heterocycles. The number of benzene rings is 2. The lowest BCUT2D eigenvalue weighted by Gasteiger charge is -2.13. The van der Waals surface area contributed by atoms with Gasteiger partial charge in [-0.3, -0.25) is 10.1 Å². The van der Waals surface area contributed by atoms with Crippen molar-refractivity contribution in [3.63, 3.8) is 0 Å². The molecule has 0 N–H and O–H groups in total. The summed E-state index contributed by atoms with van der Waals surface area (Å²) in [6.45, 7) is -0.0289. The summed E-state index contributed by atoms with van der Waals surface area (Å²) < 4.78 is 0. The van der Waals surface area contributed by atoms with Gasteiger partial charge < -0.3 is 0 Å². The third-order valence-corrected chi connectivity index (χ3v) is 2.97. The zero-order valence-corrected chi connectivity index (χ0v) is 10.0. The topological polar surface area (TPSA) is 43.1 Å². The molecule has 0 aliphatic carbocycles. The van der Waals surface area contributed by atoms with Crippen LogP contribution in [0.25, 0.3) is 0 Å². The van der Waals surface area contributed by atoms with E-state index in [4.69, 9.17) is 0 Å². The van der Waals surface area contributed by atoms with Crippen molar-refractivity contribution in [2.75, 3.05) is 6.54 Å². The van der Waals surface area contributed by atoms with Crippen molar-refractivity contribution >= 4 is 0 Å². The second-order valence-electron chi connectivity index (χ2n) is 4.31. The van der Waals surface area contributed by atoms with E-state index in [1.807, 2.05) is 60.7 Å². The molecule has 0 saturated carbocycles. The molecular formula is C15H15NO2. The highest BCUT2D eigenvalue weighted by atomic mass is 16.6. The predicted molar refractivity (Wildman–Crippen MR) is 71.2 cm³/mol. The highest BCUT2D eigenvalue weighted by Gasteiger charge is 2.17. The molecule has 0 bridgehead atoms. The summed E-state index contributed by atoms with van der Waals surface area (Å²) in [7, 11) is 0. The minimum absolute atomic E-state index is 0.0289.